The summed E-state index contributed by atoms with van der Waals surface area (Å²) in [5.41, 5.74) is 0. The van der Waals surface area contributed by atoms with Crippen LogP contribution in [0, 0.1) is 111 Å². The molecular formula is C36H4BF19O3. The van der Waals surface area contributed by atoms with Crippen LogP contribution in [0.25, 0.3) is 53.9 Å². The van der Waals surface area contributed by atoms with E-state index in [1.165, 1.54) is 0 Å². The van der Waals surface area contributed by atoms with Crippen molar-refractivity contribution in [3.63, 3.8) is 0 Å². The second-order valence-electron chi connectivity index (χ2n) is 12.2. The van der Waals surface area contributed by atoms with E-state index in [0.29, 0.717) is 12.1 Å². The standard InChI is InChI=1S/C36H4BF19O3/c38-7-3-1-2-5-4-6-9(16(39)8(5)7)17(40)26(49)31(54)34(6)57-37(59-36-32(55)28(51)27(50)29(52)33(36)56)58-35-15-11-10-12(18(41)19(42)14(11)23(46)30(35)53)21(44)25(48)22(45)13(10)20(43)24(15)47/h1-4H. The monoisotopic (exact) mass is 856 g/mol. The highest BCUT2D eigenvalue weighted by molar-refractivity contribution is 6.40. The van der Waals surface area contributed by atoms with Gasteiger partial charge in [0.15, 0.2) is 75.4 Å². The molecule has 0 saturated carbocycles. The summed E-state index contributed by atoms with van der Waals surface area (Å²) in [5, 5.41) is -16.7. The van der Waals surface area contributed by atoms with Crippen molar-refractivity contribution in [3.05, 3.63) is 135 Å². The van der Waals surface area contributed by atoms with Gasteiger partial charge >= 0.3 is 7.32 Å². The van der Waals surface area contributed by atoms with Crippen molar-refractivity contribution in [2.45, 2.75) is 0 Å². The molecule has 23 heteroatoms. The molecule has 302 valence electrons. The highest BCUT2D eigenvalue weighted by Crippen LogP contribution is 2.49. The molecule has 8 aromatic carbocycles. The summed E-state index contributed by atoms with van der Waals surface area (Å²) in [5.74, 6) is -57.1. The molecule has 0 N–H and O–H groups in total. The lowest BCUT2D eigenvalue weighted by Gasteiger charge is -2.22. The fourth-order valence-electron chi connectivity index (χ4n) is 6.55. The third-order valence-corrected chi connectivity index (χ3v) is 9.09. The molecule has 0 aliphatic rings. The van der Waals surface area contributed by atoms with Crippen molar-refractivity contribution in [1.29, 1.82) is 0 Å². The van der Waals surface area contributed by atoms with Gasteiger partial charge in [0.05, 0.1) is 32.3 Å². The molecule has 0 bridgehead atoms. The van der Waals surface area contributed by atoms with Crippen molar-refractivity contribution in [1.82, 2.24) is 0 Å². The summed E-state index contributed by atoms with van der Waals surface area (Å²) >= 11 is 0. The smallest absolute Gasteiger partial charge is 0.486 e. The molecule has 0 saturated heterocycles. The molecule has 0 amide bonds. The van der Waals surface area contributed by atoms with Gasteiger partial charge < -0.3 is 14.0 Å². The molecule has 59 heavy (non-hydrogen) atoms. The van der Waals surface area contributed by atoms with Gasteiger partial charge in [-0.15, -0.1) is 0 Å². The second-order valence-corrected chi connectivity index (χ2v) is 12.2. The zero-order valence-electron chi connectivity index (χ0n) is 27.3. The quantitative estimate of drug-likeness (QED) is 0.0416. The molecule has 0 radical (unpaired) electrons. The minimum absolute atomic E-state index is 0.443. The Morgan fingerprint density at radius 3 is 1.20 bits per heavy atom. The van der Waals surface area contributed by atoms with Gasteiger partial charge in [-0.05, 0) is 17.5 Å². The molecule has 0 unspecified atom stereocenters. The third-order valence-electron chi connectivity index (χ3n) is 9.09. The lowest BCUT2D eigenvalue weighted by molar-refractivity contribution is 0.268. The third kappa shape index (κ3) is 5.21. The molecule has 0 aliphatic heterocycles. The van der Waals surface area contributed by atoms with Crippen LogP contribution in [-0.4, -0.2) is 7.32 Å². The summed E-state index contributed by atoms with van der Waals surface area (Å²) in [6.07, 6.45) is 0. The Balaban J connectivity index is 1.46. The first kappa shape index (κ1) is 39.3. The minimum Gasteiger partial charge on any atom is -0.486 e. The van der Waals surface area contributed by atoms with E-state index < -0.39 is 189 Å². The second kappa shape index (κ2) is 13.2. The van der Waals surface area contributed by atoms with Crippen LogP contribution in [0.5, 0.6) is 17.2 Å². The molecule has 8 rings (SSSR count). The molecule has 3 nitrogen and oxygen atoms in total. The van der Waals surface area contributed by atoms with E-state index in [1.807, 2.05) is 0 Å². The Morgan fingerprint density at radius 1 is 0.288 bits per heavy atom. The molecule has 0 aromatic heterocycles. The van der Waals surface area contributed by atoms with E-state index in [0.717, 1.165) is 12.1 Å². The summed E-state index contributed by atoms with van der Waals surface area (Å²) < 4.78 is 300. The summed E-state index contributed by atoms with van der Waals surface area (Å²) in [6.45, 7) is 0. The zero-order chi connectivity index (χ0) is 43.0. The van der Waals surface area contributed by atoms with E-state index in [4.69, 9.17) is 9.31 Å². The Kier molecular flexibility index (Phi) is 8.82. The van der Waals surface area contributed by atoms with E-state index in [2.05, 4.69) is 4.65 Å². The molecule has 0 aliphatic carbocycles. The van der Waals surface area contributed by atoms with Crippen LogP contribution in [0.4, 0.5) is 83.4 Å². The van der Waals surface area contributed by atoms with Gasteiger partial charge in [-0.2, -0.15) is 17.6 Å². The number of hydrogen-bond acceptors (Lipinski definition) is 3. The lowest BCUT2D eigenvalue weighted by Crippen LogP contribution is -2.39. The van der Waals surface area contributed by atoms with Crippen LogP contribution in [0.3, 0.4) is 0 Å². The van der Waals surface area contributed by atoms with E-state index >= 15 is 43.9 Å². The average molecular weight is 856 g/mol. The Labute approximate surface area is 310 Å². The van der Waals surface area contributed by atoms with Crippen LogP contribution in [0.15, 0.2) is 24.3 Å². The molecule has 0 heterocycles. The van der Waals surface area contributed by atoms with E-state index in [9.17, 15) is 39.5 Å². The van der Waals surface area contributed by atoms with Gasteiger partial charge in [0.2, 0.25) is 40.7 Å². The average Bonchev–Trinajstić information content (AvgIpc) is 3.20. The Hall–Kier alpha value is -6.55. The van der Waals surface area contributed by atoms with Gasteiger partial charge in [-0.1, -0.05) is 12.1 Å². The fraction of sp³-hybridized carbons (Fsp3) is 0. The molecule has 8 aromatic rings. The molecule has 0 atom stereocenters. The van der Waals surface area contributed by atoms with Crippen molar-refractivity contribution >= 4 is 61.2 Å². The molecule has 0 fully saturated rings. The number of benzene rings is 8. The summed E-state index contributed by atoms with van der Waals surface area (Å²) in [6, 6.07) is 2.85. The highest BCUT2D eigenvalue weighted by Gasteiger charge is 2.43. The van der Waals surface area contributed by atoms with Crippen molar-refractivity contribution in [2.75, 3.05) is 0 Å². The minimum atomic E-state index is -3.83. The largest absolute Gasteiger partial charge is 0.864 e. The van der Waals surface area contributed by atoms with Crippen LogP contribution in [-0.2, 0) is 0 Å². The van der Waals surface area contributed by atoms with Crippen LogP contribution < -0.4 is 14.0 Å². The summed E-state index contributed by atoms with van der Waals surface area (Å²) in [4.78, 5) is 0. The topological polar surface area (TPSA) is 27.7 Å². The van der Waals surface area contributed by atoms with Crippen LogP contribution >= 0.6 is 0 Å². The number of halogens is 19. The fourth-order valence-corrected chi connectivity index (χ4v) is 6.55. The predicted molar refractivity (Wildman–Crippen MR) is 165 cm³/mol. The number of hydrogen-bond donors (Lipinski definition) is 0. The van der Waals surface area contributed by atoms with Gasteiger partial charge in [0.25, 0.3) is 0 Å². The van der Waals surface area contributed by atoms with Crippen molar-refractivity contribution in [2.24, 2.45) is 0 Å². The Morgan fingerprint density at radius 2 is 0.644 bits per heavy atom. The first-order chi connectivity index (χ1) is 27.7. The van der Waals surface area contributed by atoms with Crippen molar-refractivity contribution < 1.29 is 97.4 Å². The molecule has 0 spiro atoms. The maximum Gasteiger partial charge on any atom is 0.864 e. The lowest BCUT2D eigenvalue weighted by atomic mass is 9.90. The first-order valence-corrected chi connectivity index (χ1v) is 15.5. The van der Waals surface area contributed by atoms with Gasteiger partial charge in [-0.3, -0.25) is 0 Å². The number of rotatable bonds is 6. The van der Waals surface area contributed by atoms with Crippen molar-refractivity contribution in [3.8, 4) is 17.2 Å². The van der Waals surface area contributed by atoms with Gasteiger partial charge in [0.1, 0.15) is 11.6 Å². The van der Waals surface area contributed by atoms with Gasteiger partial charge in [-0.25, -0.2) is 65.9 Å². The maximum atomic E-state index is 15.9. The highest BCUT2D eigenvalue weighted by atomic mass is 19.2. The van der Waals surface area contributed by atoms with E-state index in [1.54, 1.807) is 0 Å². The first-order valence-electron chi connectivity index (χ1n) is 15.5. The number of fused-ring (bicyclic) bond motifs is 2. The van der Waals surface area contributed by atoms with Gasteiger partial charge in [0, 0.05) is 16.2 Å². The van der Waals surface area contributed by atoms with Crippen LogP contribution in [0.1, 0.15) is 0 Å². The van der Waals surface area contributed by atoms with Crippen LogP contribution in [0.2, 0.25) is 0 Å². The normalized spacial score (nSPS) is 12.0. The summed E-state index contributed by atoms with van der Waals surface area (Å²) in [7, 11) is -3.83. The zero-order valence-corrected chi connectivity index (χ0v) is 27.3. The predicted octanol–water partition coefficient (Wildman–Crippen LogP) is 12.1. The molecular weight excluding hydrogens is 852 g/mol. The SMILES string of the molecule is Fc1c(F)c(F)c(OB(Oc2c(F)c(F)c(F)c3c(F)c4c(F)cccc4cc23)Oc2c(F)c(F)c3c(F)c(F)c4c(F)c(F)c(F)c5c(F)c(F)c2c3c45)c(F)c1F. The maximum absolute atomic E-state index is 15.9. The van der Waals surface area contributed by atoms with E-state index in [-0.39, 0.29) is 0 Å². The Bertz CT molecular complexity index is 3160.